The minimum atomic E-state index is 0.226. The number of phenolic OH excluding ortho intramolecular Hbond substituents is 1. The van der Waals surface area contributed by atoms with E-state index in [4.69, 9.17) is 14.2 Å². The number of nitrogens with zero attached hydrogens (tertiary/aromatic N) is 1. The van der Waals surface area contributed by atoms with Crippen LogP contribution in [0.3, 0.4) is 0 Å². The van der Waals surface area contributed by atoms with Gasteiger partial charge >= 0.3 is 0 Å². The number of phenols is 1. The number of fused-ring (bicyclic) bond motifs is 1. The first-order valence-electron chi connectivity index (χ1n) is 6.64. The molecule has 0 aliphatic carbocycles. The number of likely N-dealkylation sites (N-methyl/N-ethyl adjacent to an activating group) is 1. The lowest BCUT2D eigenvalue weighted by molar-refractivity contribution is 0.0791. The Morgan fingerprint density at radius 1 is 1.32 bits per heavy atom. The number of rotatable bonds is 4. The smallest absolute Gasteiger partial charge is 0.231 e. The first-order valence-corrected chi connectivity index (χ1v) is 6.64. The van der Waals surface area contributed by atoms with Gasteiger partial charge in [-0.1, -0.05) is 0 Å². The first-order chi connectivity index (χ1) is 9.22. The fraction of sp³-hybridized carbons (Fsp3) is 0.571. The molecular formula is C14H19NO4. The summed E-state index contributed by atoms with van der Waals surface area (Å²) in [5, 5.41) is 9.99. The van der Waals surface area contributed by atoms with Gasteiger partial charge in [-0.15, -0.1) is 0 Å². The molecule has 5 nitrogen and oxygen atoms in total. The van der Waals surface area contributed by atoms with Gasteiger partial charge in [-0.05, 0) is 26.0 Å². The molecule has 2 aliphatic rings. The van der Waals surface area contributed by atoms with Crippen LogP contribution in [0.1, 0.15) is 18.4 Å². The van der Waals surface area contributed by atoms with Gasteiger partial charge in [-0.25, -0.2) is 0 Å². The predicted octanol–water partition coefficient (Wildman–Crippen LogP) is 1.73. The van der Waals surface area contributed by atoms with Gasteiger partial charge in [-0.3, -0.25) is 4.90 Å². The van der Waals surface area contributed by atoms with Crippen molar-refractivity contribution in [2.45, 2.75) is 25.5 Å². The van der Waals surface area contributed by atoms with Crippen molar-refractivity contribution in [2.24, 2.45) is 0 Å². The van der Waals surface area contributed by atoms with Crippen molar-refractivity contribution in [2.75, 3.05) is 27.0 Å². The molecule has 19 heavy (non-hydrogen) atoms. The molecule has 0 aromatic heterocycles. The van der Waals surface area contributed by atoms with E-state index in [9.17, 15) is 5.11 Å². The van der Waals surface area contributed by atoms with Crippen molar-refractivity contribution in [3.63, 3.8) is 0 Å². The van der Waals surface area contributed by atoms with Gasteiger partial charge in [0.2, 0.25) is 6.79 Å². The number of hydrogen-bond donors (Lipinski definition) is 1. The summed E-state index contributed by atoms with van der Waals surface area (Å²) in [6.45, 7) is 2.65. The summed E-state index contributed by atoms with van der Waals surface area (Å²) in [4.78, 5) is 2.16. The molecule has 1 atom stereocenters. The Labute approximate surface area is 112 Å². The molecule has 1 aromatic rings. The predicted molar refractivity (Wildman–Crippen MR) is 69.5 cm³/mol. The lowest BCUT2D eigenvalue weighted by atomic mass is 10.1. The molecule has 0 radical (unpaired) electrons. The monoisotopic (exact) mass is 265 g/mol. The van der Waals surface area contributed by atoms with E-state index in [1.807, 2.05) is 13.1 Å². The van der Waals surface area contributed by atoms with Gasteiger partial charge in [0.15, 0.2) is 11.5 Å². The molecule has 0 bridgehead atoms. The molecule has 2 aliphatic heterocycles. The van der Waals surface area contributed by atoms with Crippen molar-refractivity contribution in [3.05, 3.63) is 17.7 Å². The Bertz CT molecular complexity index is 457. The highest BCUT2D eigenvalue weighted by Gasteiger charge is 2.20. The van der Waals surface area contributed by atoms with Gasteiger partial charge in [0.05, 0.1) is 6.10 Å². The fourth-order valence-corrected chi connectivity index (χ4v) is 2.59. The molecule has 1 aromatic carbocycles. The van der Waals surface area contributed by atoms with E-state index < -0.39 is 0 Å². The number of ether oxygens (including phenoxy) is 3. The van der Waals surface area contributed by atoms with Crippen molar-refractivity contribution in [3.8, 4) is 17.2 Å². The van der Waals surface area contributed by atoms with Crippen LogP contribution in [0.25, 0.3) is 0 Å². The van der Waals surface area contributed by atoms with Gasteiger partial charge < -0.3 is 19.3 Å². The van der Waals surface area contributed by atoms with Gasteiger partial charge in [0, 0.05) is 31.3 Å². The Morgan fingerprint density at radius 2 is 2.11 bits per heavy atom. The van der Waals surface area contributed by atoms with Crippen molar-refractivity contribution in [1.82, 2.24) is 4.90 Å². The van der Waals surface area contributed by atoms with Crippen LogP contribution >= 0.6 is 0 Å². The second kappa shape index (κ2) is 5.27. The third-order valence-corrected chi connectivity index (χ3v) is 3.55. The molecule has 1 N–H and O–H groups in total. The second-order valence-corrected chi connectivity index (χ2v) is 5.17. The minimum absolute atomic E-state index is 0.226. The molecule has 3 rings (SSSR count). The van der Waals surface area contributed by atoms with E-state index in [-0.39, 0.29) is 12.5 Å². The average molecular weight is 265 g/mol. The molecule has 0 amide bonds. The van der Waals surface area contributed by atoms with Crippen LogP contribution in [-0.4, -0.2) is 43.1 Å². The molecule has 1 fully saturated rings. The second-order valence-electron chi connectivity index (χ2n) is 5.17. The Kier molecular flexibility index (Phi) is 3.48. The van der Waals surface area contributed by atoms with Crippen LogP contribution in [0.4, 0.5) is 0 Å². The van der Waals surface area contributed by atoms with E-state index in [0.29, 0.717) is 24.1 Å². The fourth-order valence-electron chi connectivity index (χ4n) is 2.59. The number of benzene rings is 1. The van der Waals surface area contributed by atoms with Crippen LogP contribution in [0, 0.1) is 0 Å². The normalized spacial score (nSPS) is 21.3. The Balaban J connectivity index is 1.65. The van der Waals surface area contributed by atoms with E-state index in [2.05, 4.69) is 4.90 Å². The molecule has 2 heterocycles. The zero-order valence-corrected chi connectivity index (χ0v) is 11.1. The first kappa shape index (κ1) is 12.6. The highest BCUT2D eigenvalue weighted by atomic mass is 16.7. The van der Waals surface area contributed by atoms with E-state index in [1.165, 1.54) is 0 Å². The number of aromatic hydroxyl groups is 1. The quantitative estimate of drug-likeness (QED) is 0.898. The van der Waals surface area contributed by atoms with Crippen LogP contribution in [0.15, 0.2) is 12.1 Å². The average Bonchev–Trinajstić information content (AvgIpc) is 3.00. The standard InChI is InChI=1S/C14H19NO4/c1-15(8-11-3-2-4-17-11)7-10-5-13-14(6-12(10)16)19-9-18-13/h5-6,11,16H,2-4,7-9H2,1H3. The maximum absolute atomic E-state index is 9.99. The lowest BCUT2D eigenvalue weighted by Gasteiger charge is -2.21. The molecule has 0 saturated carbocycles. The maximum Gasteiger partial charge on any atom is 0.231 e. The van der Waals surface area contributed by atoms with E-state index in [1.54, 1.807) is 6.07 Å². The third kappa shape index (κ3) is 2.77. The molecular weight excluding hydrogens is 246 g/mol. The summed E-state index contributed by atoms with van der Waals surface area (Å²) in [5.74, 6) is 1.57. The van der Waals surface area contributed by atoms with Crippen LogP contribution in [0.2, 0.25) is 0 Å². The molecule has 104 valence electrons. The summed E-state index contributed by atoms with van der Waals surface area (Å²) in [7, 11) is 2.03. The van der Waals surface area contributed by atoms with Crippen LogP contribution < -0.4 is 9.47 Å². The molecule has 1 unspecified atom stereocenters. The molecule has 5 heteroatoms. The van der Waals surface area contributed by atoms with Crippen LogP contribution in [0.5, 0.6) is 17.2 Å². The molecule has 1 saturated heterocycles. The maximum atomic E-state index is 9.99. The Morgan fingerprint density at radius 3 is 2.84 bits per heavy atom. The number of hydrogen-bond acceptors (Lipinski definition) is 5. The van der Waals surface area contributed by atoms with Crippen molar-refractivity contribution >= 4 is 0 Å². The summed E-state index contributed by atoms with van der Waals surface area (Å²) >= 11 is 0. The van der Waals surface area contributed by atoms with Crippen molar-refractivity contribution < 1.29 is 19.3 Å². The summed E-state index contributed by atoms with van der Waals surface area (Å²) in [6.07, 6.45) is 2.59. The summed E-state index contributed by atoms with van der Waals surface area (Å²) in [5.41, 5.74) is 0.852. The summed E-state index contributed by atoms with van der Waals surface area (Å²) in [6, 6.07) is 3.47. The largest absolute Gasteiger partial charge is 0.507 e. The van der Waals surface area contributed by atoms with E-state index >= 15 is 0 Å². The van der Waals surface area contributed by atoms with Gasteiger partial charge in [0.25, 0.3) is 0 Å². The lowest BCUT2D eigenvalue weighted by Crippen LogP contribution is -2.28. The molecule has 0 spiro atoms. The zero-order chi connectivity index (χ0) is 13.2. The van der Waals surface area contributed by atoms with Gasteiger partial charge in [0.1, 0.15) is 5.75 Å². The minimum Gasteiger partial charge on any atom is -0.507 e. The Hall–Kier alpha value is -1.46. The summed E-state index contributed by atoms with van der Waals surface area (Å²) < 4.78 is 16.2. The highest BCUT2D eigenvalue weighted by Crippen LogP contribution is 2.37. The third-order valence-electron chi connectivity index (χ3n) is 3.55. The van der Waals surface area contributed by atoms with E-state index in [0.717, 1.165) is 31.6 Å². The topological polar surface area (TPSA) is 51.2 Å². The SMILES string of the molecule is CN(Cc1cc2c(cc1O)OCO2)CC1CCCO1. The highest BCUT2D eigenvalue weighted by molar-refractivity contribution is 5.51. The van der Waals surface area contributed by atoms with Crippen molar-refractivity contribution in [1.29, 1.82) is 0 Å². The van der Waals surface area contributed by atoms with Crippen LogP contribution in [-0.2, 0) is 11.3 Å². The van der Waals surface area contributed by atoms with Gasteiger partial charge in [-0.2, -0.15) is 0 Å². The zero-order valence-electron chi connectivity index (χ0n) is 11.1.